The molecule has 106 valence electrons. The summed E-state index contributed by atoms with van der Waals surface area (Å²) in [6.07, 6.45) is 9.80. The Kier molecular flexibility index (Phi) is 3.25. The van der Waals surface area contributed by atoms with Crippen LogP contribution in [0.25, 0.3) is 0 Å². The zero-order valence-corrected chi connectivity index (χ0v) is 12.6. The first-order valence-corrected chi connectivity index (χ1v) is 8.40. The van der Waals surface area contributed by atoms with Crippen molar-refractivity contribution in [2.45, 2.75) is 42.9 Å². The monoisotopic (exact) mass is 308 g/mol. The van der Waals surface area contributed by atoms with Crippen LogP contribution in [0.3, 0.4) is 0 Å². The van der Waals surface area contributed by atoms with E-state index in [1.54, 1.807) is 11.3 Å². The molecule has 0 amide bonds. The van der Waals surface area contributed by atoms with Gasteiger partial charge in [0.05, 0.1) is 0 Å². The normalized spacial score (nSPS) is 35.5. The van der Waals surface area contributed by atoms with Crippen molar-refractivity contribution >= 4 is 22.9 Å². The highest BCUT2D eigenvalue weighted by Gasteiger charge is 2.43. The van der Waals surface area contributed by atoms with Gasteiger partial charge in [-0.15, -0.1) is 11.3 Å². The smallest absolute Gasteiger partial charge is 0.180 e. The first-order chi connectivity index (χ1) is 9.79. The van der Waals surface area contributed by atoms with Gasteiger partial charge in [-0.25, -0.2) is 0 Å². The summed E-state index contributed by atoms with van der Waals surface area (Å²) in [5.41, 5.74) is -0.0724. The second-order valence-electron chi connectivity index (χ2n) is 5.60. The number of allylic oxidation sites excluding steroid dienone is 1. The molecule has 3 aliphatic heterocycles. The van der Waals surface area contributed by atoms with Crippen LogP contribution in [-0.4, -0.2) is 28.5 Å². The lowest BCUT2D eigenvalue weighted by molar-refractivity contribution is 0.227. The molecule has 1 aromatic heterocycles. The van der Waals surface area contributed by atoms with E-state index in [0.29, 0.717) is 18.1 Å². The Morgan fingerprint density at radius 3 is 3.05 bits per heavy atom. The van der Waals surface area contributed by atoms with E-state index in [1.165, 1.54) is 19.3 Å². The van der Waals surface area contributed by atoms with E-state index in [9.17, 15) is 0 Å². The third-order valence-corrected chi connectivity index (χ3v) is 5.46. The molecule has 0 aromatic carbocycles. The van der Waals surface area contributed by atoms with Gasteiger partial charge in [0.1, 0.15) is 11.3 Å². The van der Waals surface area contributed by atoms with Crippen LogP contribution >= 0.6 is 22.9 Å². The number of nitrogens with one attached hydrogen (secondary N) is 1. The van der Waals surface area contributed by atoms with Crippen LogP contribution in [0, 0.1) is 0 Å². The van der Waals surface area contributed by atoms with Gasteiger partial charge in [0.2, 0.25) is 0 Å². The number of halogens is 1. The highest BCUT2D eigenvalue weighted by molar-refractivity contribution is 7.11. The number of thiophene rings is 1. The quantitative estimate of drug-likeness (QED) is 0.685. The molecule has 20 heavy (non-hydrogen) atoms. The number of ether oxygens (including phenoxy) is 1. The van der Waals surface area contributed by atoms with Gasteiger partial charge in [0.25, 0.3) is 0 Å². The number of hydrogen-bond donors (Lipinski definition) is 1. The van der Waals surface area contributed by atoms with E-state index < -0.39 is 0 Å². The van der Waals surface area contributed by atoms with E-state index in [1.807, 2.05) is 29.7 Å². The Bertz CT molecular complexity index is 542. The van der Waals surface area contributed by atoms with Crippen molar-refractivity contribution in [3.63, 3.8) is 0 Å². The molecule has 5 heteroatoms. The molecule has 3 aliphatic rings. The third-order valence-electron chi connectivity index (χ3n) is 4.34. The second-order valence-corrected chi connectivity index (χ2v) is 6.95. The minimum Gasteiger partial charge on any atom is -0.445 e. The van der Waals surface area contributed by atoms with Crippen molar-refractivity contribution in [1.82, 2.24) is 10.2 Å². The largest absolute Gasteiger partial charge is 0.445 e. The molecular weight excluding hydrogens is 292 g/mol. The molecule has 3 nitrogen and oxygen atoms in total. The number of fused-ring (bicyclic) bond motifs is 2. The molecule has 4 heterocycles. The van der Waals surface area contributed by atoms with Crippen LogP contribution < -0.4 is 10.1 Å². The molecule has 2 bridgehead atoms. The zero-order valence-electron chi connectivity index (χ0n) is 11.0. The van der Waals surface area contributed by atoms with Crippen LogP contribution in [0.5, 0.6) is 5.06 Å². The highest BCUT2D eigenvalue weighted by atomic mass is 35.5. The summed E-state index contributed by atoms with van der Waals surface area (Å²) in [6, 6.07) is 5.72. The number of alkyl halides is 1. The Morgan fingerprint density at radius 1 is 1.40 bits per heavy atom. The van der Waals surface area contributed by atoms with E-state index in [-0.39, 0.29) is 5.50 Å². The van der Waals surface area contributed by atoms with Crippen LogP contribution in [0.15, 0.2) is 41.6 Å². The van der Waals surface area contributed by atoms with Crippen LogP contribution in [-0.2, 0) is 0 Å². The summed E-state index contributed by atoms with van der Waals surface area (Å²) in [5, 5.41) is 6.60. The molecule has 4 rings (SSSR count). The molecule has 0 radical (unpaired) electrons. The first-order valence-electron chi connectivity index (χ1n) is 7.08. The van der Waals surface area contributed by atoms with Crippen LogP contribution in [0.4, 0.5) is 0 Å². The van der Waals surface area contributed by atoms with E-state index in [2.05, 4.69) is 16.4 Å². The molecule has 1 aromatic rings. The zero-order chi connectivity index (χ0) is 13.5. The van der Waals surface area contributed by atoms with Crippen molar-refractivity contribution in [2.75, 3.05) is 0 Å². The van der Waals surface area contributed by atoms with Gasteiger partial charge in [-0.3, -0.25) is 0 Å². The molecule has 0 aliphatic carbocycles. The van der Waals surface area contributed by atoms with Crippen molar-refractivity contribution in [3.8, 4) is 5.06 Å². The highest BCUT2D eigenvalue weighted by Crippen LogP contribution is 2.35. The lowest BCUT2D eigenvalue weighted by Crippen LogP contribution is -2.44. The molecule has 2 saturated heterocycles. The SMILES string of the molecule is ClC1C=CC(Oc2cccs2)=CN1[C@@H]1C[C@H]2CC[C@@H]1N2. The van der Waals surface area contributed by atoms with Gasteiger partial charge >= 0.3 is 0 Å². The summed E-state index contributed by atoms with van der Waals surface area (Å²) in [7, 11) is 0. The van der Waals surface area contributed by atoms with Crippen molar-refractivity contribution in [3.05, 3.63) is 41.6 Å². The van der Waals surface area contributed by atoms with E-state index >= 15 is 0 Å². The summed E-state index contributed by atoms with van der Waals surface area (Å²) in [6.45, 7) is 0. The number of nitrogens with zero attached hydrogens (tertiary/aromatic N) is 1. The van der Waals surface area contributed by atoms with Gasteiger partial charge in [-0.1, -0.05) is 11.6 Å². The average Bonchev–Trinajstić information content (AvgIpc) is 3.17. The maximum absolute atomic E-state index is 6.46. The predicted molar refractivity (Wildman–Crippen MR) is 82.0 cm³/mol. The van der Waals surface area contributed by atoms with Crippen molar-refractivity contribution in [2.24, 2.45) is 0 Å². The molecule has 1 N–H and O–H groups in total. The Hall–Kier alpha value is -0.970. The van der Waals surface area contributed by atoms with Gasteiger partial charge in [0.15, 0.2) is 5.06 Å². The fourth-order valence-corrected chi connectivity index (χ4v) is 4.30. The molecule has 1 unspecified atom stereocenters. The summed E-state index contributed by atoms with van der Waals surface area (Å²) >= 11 is 8.06. The second kappa shape index (κ2) is 5.10. The molecule has 0 saturated carbocycles. The fourth-order valence-electron chi connectivity index (χ4n) is 3.44. The molecular formula is C15H17ClN2OS. The van der Waals surface area contributed by atoms with Crippen LogP contribution in [0.2, 0.25) is 0 Å². The first kappa shape index (κ1) is 12.7. The lowest BCUT2D eigenvalue weighted by Gasteiger charge is -2.36. The minimum atomic E-state index is -0.0724. The lowest BCUT2D eigenvalue weighted by atomic mass is 9.94. The Morgan fingerprint density at radius 2 is 2.35 bits per heavy atom. The molecule has 2 fully saturated rings. The Balaban J connectivity index is 1.53. The summed E-state index contributed by atoms with van der Waals surface area (Å²) in [5.74, 6) is 0.868. The number of rotatable bonds is 3. The summed E-state index contributed by atoms with van der Waals surface area (Å²) < 4.78 is 5.89. The third kappa shape index (κ3) is 2.26. The van der Waals surface area contributed by atoms with Crippen LogP contribution in [0.1, 0.15) is 19.3 Å². The number of hydrogen-bond acceptors (Lipinski definition) is 4. The van der Waals surface area contributed by atoms with Gasteiger partial charge < -0.3 is 15.0 Å². The van der Waals surface area contributed by atoms with E-state index in [0.717, 1.165) is 10.8 Å². The Labute approximate surface area is 127 Å². The maximum atomic E-state index is 6.46. The minimum absolute atomic E-state index is 0.0724. The maximum Gasteiger partial charge on any atom is 0.180 e. The van der Waals surface area contributed by atoms with E-state index in [4.69, 9.17) is 16.3 Å². The van der Waals surface area contributed by atoms with Crippen molar-refractivity contribution in [1.29, 1.82) is 0 Å². The van der Waals surface area contributed by atoms with Crippen molar-refractivity contribution < 1.29 is 4.74 Å². The predicted octanol–water partition coefficient (Wildman–Crippen LogP) is 3.30. The standard InChI is InChI=1S/C15H17ClN2OS/c16-14-6-4-11(19-15-2-1-7-20-15)9-18(14)13-8-10-3-5-12(13)17-10/h1-2,4,6-7,9-10,12-14,17H,3,5,8H2/t10-,12+,13-,14?/m1/s1. The topological polar surface area (TPSA) is 24.5 Å². The fraction of sp³-hybridized carbons (Fsp3) is 0.467. The molecule has 0 spiro atoms. The van der Waals surface area contributed by atoms with Gasteiger partial charge in [-0.2, -0.15) is 0 Å². The van der Waals surface area contributed by atoms with Gasteiger partial charge in [0, 0.05) is 24.3 Å². The summed E-state index contributed by atoms with van der Waals surface area (Å²) in [4.78, 5) is 2.25. The van der Waals surface area contributed by atoms with Gasteiger partial charge in [-0.05, 0) is 48.9 Å². The average molecular weight is 309 g/mol. The molecule has 4 atom stereocenters.